The van der Waals surface area contributed by atoms with Crippen LogP contribution in [-0.2, 0) is 14.3 Å². The Balaban J connectivity index is 1.39. The quantitative estimate of drug-likeness (QED) is 0.263. The summed E-state index contributed by atoms with van der Waals surface area (Å²) in [5, 5.41) is 2.26. The molecule has 4 rings (SSSR count). The van der Waals surface area contributed by atoms with Gasteiger partial charge in [0.2, 0.25) is 0 Å². The molecule has 0 amide bonds. The van der Waals surface area contributed by atoms with Crippen LogP contribution >= 0.6 is 0 Å². The van der Waals surface area contributed by atoms with Gasteiger partial charge in [0.05, 0.1) is 18.8 Å². The monoisotopic (exact) mass is 428 g/mol. The number of carbonyl (C=O) groups is 2. The zero-order valence-corrected chi connectivity index (χ0v) is 17.9. The third-order valence-electron chi connectivity index (χ3n) is 5.33. The van der Waals surface area contributed by atoms with E-state index in [0.717, 1.165) is 33.5 Å². The fourth-order valence-corrected chi connectivity index (χ4v) is 3.80. The van der Waals surface area contributed by atoms with Gasteiger partial charge >= 0.3 is 11.9 Å². The molecule has 0 N–H and O–H groups in total. The van der Waals surface area contributed by atoms with E-state index < -0.39 is 12.1 Å². The maximum atomic E-state index is 12.8. The molecular weight excluding hydrogens is 404 g/mol. The van der Waals surface area contributed by atoms with Crippen molar-refractivity contribution in [3.05, 3.63) is 95.6 Å². The maximum Gasteiger partial charge on any atom is 0.339 e. The van der Waals surface area contributed by atoms with E-state index in [-0.39, 0.29) is 12.6 Å². The molecule has 1 atom stereocenters. The summed E-state index contributed by atoms with van der Waals surface area (Å²) in [6, 6.07) is 19.1. The lowest BCUT2D eigenvalue weighted by Gasteiger charge is -2.25. The Morgan fingerprint density at radius 3 is 2.50 bits per heavy atom. The summed E-state index contributed by atoms with van der Waals surface area (Å²) in [7, 11) is 0. The molecule has 3 aromatic carbocycles. The minimum atomic E-state index is -0.448. The smallest absolute Gasteiger partial charge is 0.339 e. The van der Waals surface area contributed by atoms with Gasteiger partial charge in [0.1, 0.15) is 11.9 Å². The van der Waals surface area contributed by atoms with Gasteiger partial charge in [-0.05, 0) is 53.1 Å². The average Bonchev–Trinajstić information content (AvgIpc) is 2.81. The van der Waals surface area contributed by atoms with E-state index in [2.05, 4.69) is 30.9 Å². The van der Waals surface area contributed by atoms with Crippen molar-refractivity contribution in [1.29, 1.82) is 0 Å². The number of rotatable bonds is 8. The second-order valence-electron chi connectivity index (χ2n) is 7.56. The standard InChI is InChI=1S/C27H24O5/c1-3-24(28)31-16-6-15-30-22-13-11-20(12-14-22)27(29)32-26-18(2)17-21-9-4-7-19-8-5-10-23(26)25(19)21/h3-5,7-14,17,26H,1,6,15-16H2,2H3. The van der Waals surface area contributed by atoms with E-state index in [1.165, 1.54) is 0 Å². The van der Waals surface area contributed by atoms with Gasteiger partial charge in [-0.15, -0.1) is 0 Å². The molecule has 5 nitrogen and oxygen atoms in total. The van der Waals surface area contributed by atoms with Gasteiger partial charge in [0.25, 0.3) is 0 Å². The molecular formula is C27H24O5. The van der Waals surface area contributed by atoms with Crippen LogP contribution in [0.4, 0.5) is 0 Å². The number of hydrogen-bond acceptors (Lipinski definition) is 5. The van der Waals surface area contributed by atoms with Crippen LogP contribution in [0.15, 0.2) is 78.9 Å². The number of ether oxygens (including phenoxy) is 3. The Morgan fingerprint density at radius 2 is 1.75 bits per heavy atom. The van der Waals surface area contributed by atoms with E-state index in [1.54, 1.807) is 24.3 Å². The average molecular weight is 428 g/mol. The lowest BCUT2D eigenvalue weighted by atomic mass is 9.87. The lowest BCUT2D eigenvalue weighted by molar-refractivity contribution is -0.137. The summed E-state index contributed by atoms with van der Waals surface area (Å²) in [5.41, 5.74) is 3.59. The van der Waals surface area contributed by atoms with Gasteiger partial charge in [-0.1, -0.05) is 49.1 Å². The molecule has 0 saturated carbocycles. The van der Waals surface area contributed by atoms with Crippen LogP contribution in [0, 0.1) is 0 Å². The van der Waals surface area contributed by atoms with Crippen molar-refractivity contribution in [2.45, 2.75) is 19.4 Å². The molecule has 0 heterocycles. The Kier molecular flexibility index (Phi) is 6.36. The van der Waals surface area contributed by atoms with Crippen molar-refractivity contribution >= 4 is 28.8 Å². The highest BCUT2D eigenvalue weighted by molar-refractivity contribution is 5.97. The molecule has 32 heavy (non-hydrogen) atoms. The minimum Gasteiger partial charge on any atom is -0.493 e. The summed E-state index contributed by atoms with van der Waals surface area (Å²) in [6.45, 7) is 5.98. The van der Waals surface area contributed by atoms with Crippen molar-refractivity contribution in [2.75, 3.05) is 13.2 Å². The Morgan fingerprint density at radius 1 is 1.00 bits per heavy atom. The molecule has 0 bridgehead atoms. The zero-order valence-electron chi connectivity index (χ0n) is 17.9. The molecule has 5 heteroatoms. The molecule has 1 unspecified atom stereocenters. The first-order valence-electron chi connectivity index (χ1n) is 10.5. The van der Waals surface area contributed by atoms with Gasteiger partial charge < -0.3 is 14.2 Å². The summed E-state index contributed by atoms with van der Waals surface area (Å²) in [6.07, 6.45) is 3.35. The summed E-state index contributed by atoms with van der Waals surface area (Å²) < 4.78 is 16.4. The fourth-order valence-electron chi connectivity index (χ4n) is 3.80. The van der Waals surface area contributed by atoms with Crippen molar-refractivity contribution in [3.8, 4) is 5.75 Å². The van der Waals surface area contributed by atoms with Crippen LogP contribution in [0.1, 0.15) is 40.9 Å². The molecule has 0 radical (unpaired) electrons. The molecule has 1 aliphatic carbocycles. The van der Waals surface area contributed by atoms with Gasteiger partial charge in [0.15, 0.2) is 0 Å². The van der Waals surface area contributed by atoms with Gasteiger partial charge in [0, 0.05) is 18.1 Å². The minimum absolute atomic E-state index is 0.263. The van der Waals surface area contributed by atoms with Crippen LogP contribution in [0.25, 0.3) is 16.8 Å². The molecule has 0 aliphatic heterocycles. The van der Waals surface area contributed by atoms with Crippen LogP contribution in [0.3, 0.4) is 0 Å². The second kappa shape index (κ2) is 9.52. The third kappa shape index (κ3) is 4.57. The van der Waals surface area contributed by atoms with Crippen molar-refractivity contribution < 1.29 is 23.8 Å². The molecule has 0 aromatic heterocycles. The van der Waals surface area contributed by atoms with Crippen molar-refractivity contribution in [1.82, 2.24) is 0 Å². The van der Waals surface area contributed by atoms with Gasteiger partial charge in [-0.2, -0.15) is 0 Å². The highest BCUT2D eigenvalue weighted by Gasteiger charge is 2.25. The summed E-state index contributed by atoms with van der Waals surface area (Å²) in [5.74, 6) is -0.207. The van der Waals surface area contributed by atoms with Crippen molar-refractivity contribution in [3.63, 3.8) is 0 Å². The largest absolute Gasteiger partial charge is 0.493 e. The molecule has 1 aliphatic rings. The second-order valence-corrected chi connectivity index (χ2v) is 7.56. The zero-order chi connectivity index (χ0) is 22.5. The van der Waals surface area contributed by atoms with Crippen LogP contribution in [-0.4, -0.2) is 25.2 Å². The van der Waals surface area contributed by atoms with E-state index in [9.17, 15) is 9.59 Å². The van der Waals surface area contributed by atoms with E-state index >= 15 is 0 Å². The number of carbonyl (C=O) groups excluding carboxylic acids is 2. The summed E-state index contributed by atoms with van der Waals surface area (Å²) in [4.78, 5) is 23.8. The first-order chi connectivity index (χ1) is 15.6. The summed E-state index contributed by atoms with van der Waals surface area (Å²) >= 11 is 0. The van der Waals surface area contributed by atoms with E-state index in [4.69, 9.17) is 14.2 Å². The molecule has 3 aromatic rings. The number of benzene rings is 3. The lowest BCUT2D eigenvalue weighted by Crippen LogP contribution is -2.15. The van der Waals surface area contributed by atoms with Gasteiger partial charge in [-0.3, -0.25) is 0 Å². The first-order valence-corrected chi connectivity index (χ1v) is 10.5. The maximum absolute atomic E-state index is 12.8. The normalized spacial score (nSPS) is 14.4. The third-order valence-corrected chi connectivity index (χ3v) is 5.33. The SMILES string of the molecule is C=CC(=O)OCCCOc1ccc(C(=O)OC2C(C)=Cc3cccc4cccc2c34)cc1. The highest BCUT2D eigenvalue weighted by Crippen LogP contribution is 2.39. The Bertz CT molecular complexity index is 1190. The van der Waals surface area contributed by atoms with Crippen molar-refractivity contribution in [2.24, 2.45) is 0 Å². The predicted octanol–water partition coefficient (Wildman–Crippen LogP) is 5.65. The number of hydrogen-bond donors (Lipinski definition) is 0. The number of esters is 2. The molecule has 0 fully saturated rings. The Hall–Kier alpha value is -3.86. The Labute approximate surface area is 186 Å². The first kappa shape index (κ1) is 21.4. The van der Waals surface area contributed by atoms with E-state index in [0.29, 0.717) is 24.3 Å². The molecule has 162 valence electrons. The topological polar surface area (TPSA) is 61.8 Å². The van der Waals surface area contributed by atoms with Crippen LogP contribution in [0.2, 0.25) is 0 Å². The molecule has 0 spiro atoms. The van der Waals surface area contributed by atoms with Crippen LogP contribution in [0.5, 0.6) is 5.75 Å². The predicted molar refractivity (Wildman–Crippen MR) is 123 cm³/mol. The van der Waals surface area contributed by atoms with Crippen LogP contribution < -0.4 is 4.74 Å². The van der Waals surface area contributed by atoms with Gasteiger partial charge in [-0.25, -0.2) is 9.59 Å². The fraction of sp³-hybridized carbons (Fsp3) is 0.185. The molecule has 0 saturated heterocycles. The van der Waals surface area contributed by atoms with E-state index in [1.807, 2.05) is 25.1 Å². The highest BCUT2D eigenvalue weighted by atomic mass is 16.5.